The van der Waals surface area contributed by atoms with Gasteiger partial charge in [0.05, 0.1) is 6.61 Å². The van der Waals surface area contributed by atoms with Crippen molar-refractivity contribution in [1.82, 2.24) is 5.32 Å². The average Bonchev–Trinajstić information content (AvgIpc) is 2.41. The fourth-order valence-electron chi connectivity index (χ4n) is 1.99. The number of nitrogens with one attached hydrogen (secondary N) is 1. The van der Waals surface area contributed by atoms with Gasteiger partial charge in [0.25, 0.3) is 0 Å². The summed E-state index contributed by atoms with van der Waals surface area (Å²) < 4.78 is 0. The van der Waals surface area contributed by atoms with E-state index in [-0.39, 0.29) is 12.1 Å². The van der Waals surface area contributed by atoms with Crippen LogP contribution in [0.5, 0.6) is 0 Å². The van der Waals surface area contributed by atoms with Gasteiger partial charge in [-0.3, -0.25) is 0 Å². The third-order valence-electron chi connectivity index (χ3n) is 3.16. The minimum absolute atomic E-state index is 0.125. The molecule has 108 valence electrons. The Balaban J connectivity index is 2.18. The number of rotatable bonds is 9. The second-order valence-electron chi connectivity index (χ2n) is 5.01. The number of aliphatic hydroxyl groups is 1. The van der Waals surface area contributed by atoms with Gasteiger partial charge in [-0.25, -0.2) is 0 Å². The summed E-state index contributed by atoms with van der Waals surface area (Å²) in [5, 5.41) is 13.5. The van der Waals surface area contributed by atoms with Gasteiger partial charge in [0, 0.05) is 15.5 Å². The number of halogens is 1. The minimum atomic E-state index is -0.125. The molecular formula is C15H24ClNOS. The van der Waals surface area contributed by atoms with Crippen LogP contribution in [0.25, 0.3) is 0 Å². The molecule has 0 bridgehead atoms. The van der Waals surface area contributed by atoms with Crippen molar-refractivity contribution in [3.05, 3.63) is 29.3 Å². The predicted molar refractivity (Wildman–Crippen MR) is 85.2 cm³/mol. The van der Waals surface area contributed by atoms with Crippen molar-refractivity contribution in [2.45, 2.75) is 43.5 Å². The summed E-state index contributed by atoms with van der Waals surface area (Å²) in [5.74, 6) is 1.11. The molecule has 0 saturated heterocycles. The minimum Gasteiger partial charge on any atom is -0.394 e. The van der Waals surface area contributed by atoms with E-state index in [0.29, 0.717) is 0 Å². The summed E-state index contributed by atoms with van der Waals surface area (Å²) in [7, 11) is 0. The highest BCUT2D eigenvalue weighted by molar-refractivity contribution is 7.99. The molecule has 0 aromatic heterocycles. The highest BCUT2D eigenvalue weighted by atomic mass is 35.5. The van der Waals surface area contributed by atoms with Crippen molar-refractivity contribution in [2.75, 3.05) is 18.9 Å². The van der Waals surface area contributed by atoms with Gasteiger partial charge in [-0.2, -0.15) is 0 Å². The van der Waals surface area contributed by atoms with Gasteiger partial charge >= 0.3 is 0 Å². The predicted octanol–water partition coefficient (Wildman–Crippen LogP) is 3.96. The summed E-state index contributed by atoms with van der Waals surface area (Å²) in [6.45, 7) is 5.26. The standard InChI is InChI=1S/C15H24ClNOS/c1-3-17-15(2,12-18)10-4-5-11-19-14-8-6-13(16)7-9-14/h6-9,17-18H,3-5,10-12H2,1-2H3. The van der Waals surface area contributed by atoms with Crippen LogP contribution in [0.4, 0.5) is 0 Å². The zero-order chi connectivity index (χ0) is 14.1. The molecule has 0 amide bonds. The Morgan fingerprint density at radius 3 is 2.53 bits per heavy atom. The molecule has 0 spiro atoms. The van der Waals surface area contributed by atoms with E-state index in [1.54, 1.807) is 0 Å². The third kappa shape index (κ3) is 6.66. The Morgan fingerprint density at radius 1 is 1.26 bits per heavy atom. The first kappa shape index (κ1) is 16.8. The van der Waals surface area contributed by atoms with Crippen molar-refractivity contribution in [3.63, 3.8) is 0 Å². The van der Waals surface area contributed by atoms with E-state index in [1.165, 1.54) is 4.90 Å². The largest absolute Gasteiger partial charge is 0.394 e. The van der Waals surface area contributed by atoms with E-state index in [9.17, 15) is 5.11 Å². The summed E-state index contributed by atoms with van der Waals surface area (Å²) in [6.07, 6.45) is 3.30. The maximum absolute atomic E-state index is 9.40. The van der Waals surface area contributed by atoms with Crippen molar-refractivity contribution in [1.29, 1.82) is 0 Å². The highest BCUT2D eigenvalue weighted by Gasteiger charge is 2.20. The number of aliphatic hydroxyl groups excluding tert-OH is 1. The quantitative estimate of drug-likeness (QED) is 0.535. The van der Waals surface area contributed by atoms with E-state index in [0.717, 1.165) is 36.6 Å². The maximum Gasteiger partial charge on any atom is 0.0610 e. The van der Waals surface area contributed by atoms with Crippen LogP contribution in [0.3, 0.4) is 0 Å². The van der Waals surface area contributed by atoms with Crippen LogP contribution in [-0.4, -0.2) is 29.5 Å². The van der Waals surface area contributed by atoms with E-state index in [1.807, 2.05) is 23.9 Å². The van der Waals surface area contributed by atoms with Crippen molar-refractivity contribution >= 4 is 23.4 Å². The van der Waals surface area contributed by atoms with Crippen LogP contribution in [0.15, 0.2) is 29.2 Å². The summed E-state index contributed by atoms with van der Waals surface area (Å²) in [6, 6.07) is 7.97. The molecule has 0 aliphatic heterocycles. The number of likely N-dealkylation sites (N-methyl/N-ethyl adjacent to an activating group) is 1. The van der Waals surface area contributed by atoms with E-state index in [4.69, 9.17) is 11.6 Å². The van der Waals surface area contributed by atoms with Crippen molar-refractivity contribution < 1.29 is 5.11 Å². The molecule has 1 unspecified atom stereocenters. The highest BCUT2D eigenvalue weighted by Crippen LogP contribution is 2.22. The van der Waals surface area contributed by atoms with Gasteiger partial charge in [-0.1, -0.05) is 24.9 Å². The molecule has 1 aromatic rings. The normalized spacial score (nSPS) is 14.3. The lowest BCUT2D eigenvalue weighted by molar-refractivity contribution is 0.165. The number of benzene rings is 1. The lowest BCUT2D eigenvalue weighted by Gasteiger charge is -2.28. The fourth-order valence-corrected chi connectivity index (χ4v) is 3.03. The lowest BCUT2D eigenvalue weighted by Crippen LogP contribution is -2.45. The fraction of sp³-hybridized carbons (Fsp3) is 0.600. The maximum atomic E-state index is 9.40. The first-order chi connectivity index (χ1) is 9.09. The first-order valence-electron chi connectivity index (χ1n) is 6.84. The number of hydrogen-bond donors (Lipinski definition) is 2. The van der Waals surface area contributed by atoms with Crippen LogP contribution in [0, 0.1) is 0 Å². The van der Waals surface area contributed by atoms with Gasteiger partial charge in [0.2, 0.25) is 0 Å². The molecule has 0 saturated carbocycles. The zero-order valence-electron chi connectivity index (χ0n) is 11.8. The molecule has 2 nitrogen and oxygen atoms in total. The molecule has 4 heteroatoms. The zero-order valence-corrected chi connectivity index (χ0v) is 13.4. The van der Waals surface area contributed by atoms with Crippen molar-refractivity contribution in [3.8, 4) is 0 Å². The SMILES string of the molecule is CCNC(C)(CO)CCCCSc1ccc(Cl)cc1. The number of thioether (sulfide) groups is 1. The average molecular weight is 302 g/mol. The van der Waals surface area contributed by atoms with E-state index >= 15 is 0 Å². The van der Waals surface area contributed by atoms with Gasteiger partial charge in [0.15, 0.2) is 0 Å². The monoisotopic (exact) mass is 301 g/mol. The van der Waals surface area contributed by atoms with Gasteiger partial charge in [-0.15, -0.1) is 11.8 Å². The molecule has 19 heavy (non-hydrogen) atoms. The van der Waals surface area contributed by atoms with Crippen LogP contribution in [0.1, 0.15) is 33.1 Å². The second kappa shape index (κ2) is 8.85. The van der Waals surface area contributed by atoms with Gasteiger partial charge < -0.3 is 10.4 Å². The van der Waals surface area contributed by atoms with Crippen LogP contribution < -0.4 is 5.32 Å². The third-order valence-corrected chi connectivity index (χ3v) is 4.51. The summed E-state index contributed by atoms with van der Waals surface area (Å²) in [4.78, 5) is 1.26. The topological polar surface area (TPSA) is 32.3 Å². The molecule has 0 radical (unpaired) electrons. The molecule has 1 atom stereocenters. The van der Waals surface area contributed by atoms with Crippen LogP contribution in [0.2, 0.25) is 5.02 Å². The summed E-state index contributed by atoms with van der Waals surface area (Å²) >= 11 is 7.71. The molecule has 0 fully saturated rings. The Morgan fingerprint density at radius 2 is 1.95 bits per heavy atom. The summed E-state index contributed by atoms with van der Waals surface area (Å²) in [5.41, 5.74) is -0.125. The smallest absolute Gasteiger partial charge is 0.0610 e. The van der Waals surface area contributed by atoms with Gasteiger partial charge in [-0.05, 0) is 56.3 Å². The molecule has 2 N–H and O–H groups in total. The molecular weight excluding hydrogens is 278 g/mol. The molecule has 1 rings (SSSR count). The van der Waals surface area contributed by atoms with E-state index in [2.05, 4.69) is 31.3 Å². The molecule has 1 aromatic carbocycles. The second-order valence-corrected chi connectivity index (χ2v) is 6.61. The Labute approximate surface area is 125 Å². The lowest BCUT2D eigenvalue weighted by atomic mass is 9.96. The van der Waals surface area contributed by atoms with Crippen molar-refractivity contribution in [2.24, 2.45) is 0 Å². The molecule has 0 heterocycles. The van der Waals surface area contributed by atoms with Crippen LogP contribution >= 0.6 is 23.4 Å². The Hall–Kier alpha value is -0.220. The molecule has 0 aliphatic carbocycles. The van der Waals surface area contributed by atoms with Crippen LogP contribution in [-0.2, 0) is 0 Å². The number of hydrogen-bond acceptors (Lipinski definition) is 3. The Kier molecular flexibility index (Phi) is 7.84. The Bertz CT molecular complexity index is 358. The molecule has 0 aliphatic rings. The number of unbranched alkanes of at least 4 members (excludes halogenated alkanes) is 1. The van der Waals surface area contributed by atoms with E-state index < -0.39 is 0 Å². The van der Waals surface area contributed by atoms with Gasteiger partial charge in [0.1, 0.15) is 0 Å². The first-order valence-corrected chi connectivity index (χ1v) is 8.20.